The Morgan fingerprint density at radius 1 is 0.400 bits per heavy atom. The fourth-order valence-corrected chi connectivity index (χ4v) is 0. The fraction of sp³-hybridized carbons (Fsp3) is 0. The van der Waals surface area contributed by atoms with Gasteiger partial charge in [0.1, 0.15) is 0 Å². The Hall–Kier alpha value is 3.13. The summed E-state index contributed by atoms with van der Waals surface area (Å²) in [7, 11) is 0. The third-order valence-electron chi connectivity index (χ3n) is 0. The van der Waals surface area contributed by atoms with Crippen molar-refractivity contribution in [2.45, 2.75) is 0 Å². The van der Waals surface area contributed by atoms with Crippen LogP contribution >= 0.6 is 0 Å². The second-order valence-electron chi connectivity index (χ2n) is 0. The van der Waals surface area contributed by atoms with Gasteiger partial charge >= 0.3 is 109 Å². The molecule has 0 aliphatic carbocycles. The van der Waals surface area contributed by atoms with Gasteiger partial charge in [-0.1, -0.05) is 0 Å². The Labute approximate surface area is 139 Å². The van der Waals surface area contributed by atoms with Crippen molar-refractivity contribution in [2.75, 3.05) is 0 Å². The molecule has 0 aromatic carbocycles. The topological polar surface area (TPSA) is 0 Å². The van der Waals surface area contributed by atoms with Crippen molar-refractivity contribution in [3.63, 3.8) is 0 Å². The summed E-state index contributed by atoms with van der Waals surface area (Å²) in [6, 6.07) is 0. The Balaban J connectivity index is 0. The molecular formula is F7NaYYb. The molecule has 0 fully saturated rings. The Morgan fingerprint density at radius 3 is 0.400 bits per heavy atom. The van der Waals surface area contributed by atoms with Gasteiger partial charge in [-0.2, -0.15) is 0 Å². The van der Waals surface area contributed by atoms with Gasteiger partial charge in [0.05, 0.1) is 0 Å². The zero-order valence-electron chi connectivity index (χ0n) is 4.49. The van der Waals surface area contributed by atoms with E-state index in [2.05, 4.69) is 0 Å². The van der Waals surface area contributed by atoms with Crippen LogP contribution in [0.5, 0.6) is 0 Å². The van der Waals surface area contributed by atoms with Crippen molar-refractivity contribution >= 4 is 0 Å². The summed E-state index contributed by atoms with van der Waals surface area (Å²) in [6.07, 6.45) is 0. The van der Waals surface area contributed by atoms with E-state index in [9.17, 15) is 0 Å². The van der Waals surface area contributed by atoms with Crippen molar-refractivity contribution in [3.05, 3.63) is 0 Å². The van der Waals surface area contributed by atoms with E-state index in [-0.39, 0.29) is 142 Å². The quantitative estimate of drug-likeness (QED) is 0.271. The van der Waals surface area contributed by atoms with Gasteiger partial charge in [0, 0.05) is 0 Å². The maximum Gasteiger partial charge on any atom is 3.00 e. The van der Waals surface area contributed by atoms with Crippen LogP contribution in [0.25, 0.3) is 0 Å². The molecule has 1 radical (unpaired) electrons. The monoisotopic (exact) mass is 419 g/mol. The third-order valence-corrected chi connectivity index (χ3v) is 0. The molecule has 0 aromatic rings. The van der Waals surface area contributed by atoms with Crippen LogP contribution in [0, 0.1) is 46.9 Å². The molecule has 0 saturated carbocycles. The van der Waals surface area contributed by atoms with Gasteiger partial charge in [0.25, 0.3) is 0 Å². The van der Waals surface area contributed by atoms with Crippen molar-refractivity contribution in [1.82, 2.24) is 0 Å². The van der Waals surface area contributed by atoms with Gasteiger partial charge in [0.15, 0.2) is 0 Å². The van der Waals surface area contributed by atoms with E-state index in [1.165, 1.54) is 0 Å². The number of hydrogen-bond donors (Lipinski definition) is 0. The SMILES string of the molecule is [F-].[F-].[F-].[F-].[F-].[F-].[F-].[Na+].[Y+3].[Yb+3]. The molecule has 0 spiro atoms. The Morgan fingerprint density at radius 2 is 0.400 bits per heavy atom. The molecular weight excluding hydrogens is 418 g/mol. The van der Waals surface area contributed by atoms with E-state index in [1.807, 2.05) is 0 Å². The molecule has 0 aliphatic rings. The minimum atomic E-state index is 0. The molecule has 0 saturated heterocycles. The van der Waals surface area contributed by atoms with E-state index in [0.29, 0.717) is 0 Å². The van der Waals surface area contributed by atoms with Gasteiger partial charge in [0.2, 0.25) is 0 Å². The minimum absolute atomic E-state index is 0. The molecule has 0 N–H and O–H groups in total. The van der Waals surface area contributed by atoms with E-state index in [0.717, 1.165) is 0 Å². The molecule has 0 atom stereocenters. The van der Waals surface area contributed by atoms with E-state index in [1.54, 1.807) is 0 Å². The normalized spacial score (nSPS) is 0. The summed E-state index contributed by atoms with van der Waals surface area (Å²) in [5.74, 6) is 0. The van der Waals surface area contributed by atoms with Crippen LogP contribution in [0.1, 0.15) is 0 Å². The van der Waals surface area contributed by atoms with Crippen LogP contribution in [0.15, 0.2) is 0 Å². The molecule has 0 bridgehead atoms. The minimum Gasteiger partial charge on any atom is -1.00 e. The summed E-state index contributed by atoms with van der Waals surface area (Å²) >= 11 is 0. The molecule has 0 aromatic heterocycles. The average Bonchev–Trinajstić information content (AvgIpc) is 0. The van der Waals surface area contributed by atoms with Gasteiger partial charge in [-0.15, -0.1) is 0 Å². The smallest absolute Gasteiger partial charge is 1.00 e. The second-order valence-corrected chi connectivity index (χ2v) is 0. The van der Waals surface area contributed by atoms with E-state index in [4.69, 9.17) is 0 Å². The molecule has 0 heterocycles. The largest absolute Gasteiger partial charge is 3.00 e. The maximum absolute atomic E-state index is 0. The number of rotatable bonds is 0. The van der Waals surface area contributed by atoms with Crippen LogP contribution in [0.2, 0.25) is 0 Å². The first-order valence-electron chi connectivity index (χ1n) is 0. The summed E-state index contributed by atoms with van der Waals surface area (Å²) in [4.78, 5) is 0. The van der Waals surface area contributed by atoms with Crippen molar-refractivity contribution < 1.29 is 142 Å². The Kier molecular flexibility index (Phi) is 3020. The second kappa shape index (κ2) is 153. The van der Waals surface area contributed by atoms with Crippen LogP contribution in [-0.2, 0) is 32.7 Å². The first-order valence-corrected chi connectivity index (χ1v) is 0. The summed E-state index contributed by atoms with van der Waals surface area (Å²) < 4.78 is 0. The van der Waals surface area contributed by atoms with Crippen LogP contribution < -0.4 is 62.5 Å². The summed E-state index contributed by atoms with van der Waals surface area (Å²) in [5.41, 5.74) is 0. The number of halogens is 7. The van der Waals surface area contributed by atoms with Gasteiger partial charge in [-0.3, -0.25) is 0 Å². The van der Waals surface area contributed by atoms with E-state index >= 15 is 0 Å². The van der Waals surface area contributed by atoms with Gasteiger partial charge < -0.3 is 32.9 Å². The van der Waals surface area contributed by atoms with Crippen LogP contribution in [0.4, 0.5) is 0 Å². The molecule has 67 valence electrons. The molecule has 0 nitrogen and oxygen atoms in total. The van der Waals surface area contributed by atoms with Crippen molar-refractivity contribution in [1.29, 1.82) is 0 Å². The van der Waals surface area contributed by atoms with Crippen molar-refractivity contribution in [2.24, 2.45) is 0 Å². The molecule has 0 unspecified atom stereocenters. The molecule has 10 heteroatoms. The standard InChI is InChI=1S/7FH.Na.Y.Yb/h7*1H;;;/q;;;;;;;+1;2*+3/p-7. The predicted octanol–water partition coefficient (Wildman–Crippen LogP) is -24.0. The summed E-state index contributed by atoms with van der Waals surface area (Å²) in [6.45, 7) is 0. The number of hydrogen-bond acceptors (Lipinski definition) is 0. The average molecular weight is 418 g/mol. The van der Waals surface area contributed by atoms with Gasteiger partial charge in [-0.05, 0) is 0 Å². The molecule has 0 amide bonds. The first-order chi connectivity index (χ1) is 0. The van der Waals surface area contributed by atoms with Crippen LogP contribution in [-0.4, -0.2) is 0 Å². The predicted molar refractivity (Wildman–Crippen MR) is 0 cm³/mol. The Bertz CT molecular complexity index is 13.6. The van der Waals surface area contributed by atoms with E-state index < -0.39 is 0 Å². The third kappa shape index (κ3) is 116. The van der Waals surface area contributed by atoms with Crippen LogP contribution in [0.3, 0.4) is 0 Å². The zero-order valence-corrected chi connectivity index (χ0v) is 11.0. The van der Waals surface area contributed by atoms with Crippen molar-refractivity contribution in [3.8, 4) is 0 Å². The molecule has 0 rings (SSSR count). The first kappa shape index (κ1) is 197. The molecule has 10 heavy (non-hydrogen) atoms. The zero-order chi connectivity index (χ0) is 0. The fourth-order valence-electron chi connectivity index (χ4n) is 0. The molecule has 0 aliphatic heterocycles. The summed E-state index contributed by atoms with van der Waals surface area (Å²) in [5, 5.41) is 0. The van der Waals surface area contributed by atoms with Gasteiger partial charge in [-0.25, -0.2) is 0 Å². The maximum atomic E-state index is 0.